The Hall–Kier alpha value is -2.63. The summed E-state index contributed by atoms with van der Waals surface area (Å²) in [5, 5.41) is 16.4. The Labute approximate surface area is 124 Å². The molecular formula is C15H21N6+. The van der Waals surface area contributed by atoms with Gasteiger partial charge < -0.3 is 4.57 Å². The molecule has 0 amide bonds. The fourth-order valence-corrected chi connectivity index (χ4v) is 1.50. The predicted octanol–water partition coefficient (Wildman–Crippen LogP) is 2.50. The molecule has 2 aromatic rings. The Morgan fingerprint density at radius 2 is 1.90 bits per heavy atom. The van der Waals surface area contributed by atoms with Gasteiger partial charge in [-0.3, -0.25) is 0 Å². The van der Waals surface area contributed by atoms with E-state index in [1.54, 1.807) is 6.92 Å². The second-order valence-corrected chi connectivity index (χ2v) is 4.29. The molecule has 2 heterocycles. The smallest absolute Gasteiger partial charge is 0.335 e. The Bertz CT molecular complexity index is 712. The van der Waals surface area contributed by atoms with Crippen molar-refractivity contribution < 1.29 is 4.57 Å². The van der Waals surface area contributed by atoms with Crippen molar-refractivity contribution in [3.05, 3.63) is 54.3 Å². The van der Waals surface area contributed by atoms with Gasteiger partial charge >= 0.3 is 5.82 Å². The summed E-state index contributed by atoms with van der Waals surface area (Å²) in [5.41, 5.74) is 0.757. The lowest BCUT2D eigenvalue weighted by molar-refractivity contribution is -0.658. The van der Waals surface area contributed by atoms with E-state index in [-0.39, 0.29) is 7.43 Å². The maximum atomic E-state index is 4.13. The van der Waals surface area contributed by atoms with E-state index in [9.17, 15) is 0 Å². The van der Waals surface area contributed by atoms with Crippen LogP contribution in [0.25, 0.3) is 0 Å². The second kappa shape index (κ2) is 7.84. The number of azo groups is 1. The molecule has 2 aromatic heterocycles. The summed E-state index contributed by atoms with van der Waals surface area (Å²) in [6.45, 7) is 1.76. The van der Waals surface area contributed by atoms with Crippen molar-refractivity contribution in [3.63, 3.8) is 0 Å². The average Bonchev–Trinajstić information content (AvgIpc) is 2.45. The average molecular weight is 285 g/mol. The fraction of sp³-hybridized carbons (Fsp3) is 0.267. The van der Waals surface area contributed by atoms with Gasteiger partial charge in [-0.25, -0.2) is 4.57 Å². The molecule has 0 unspecified atom stereocenters. The molecular weight excluding hydrogens is 264 g/mol. The van der Waals surface area contributed by atoms with Gasteiger partial charge in [0, 0.05) is 26.2 Å². The van der Waals surface area contributed by atoms with E-state index in [1.165, 1.54) is 0 Å². The molecule has 0 N–H and O–H groups in total. The molecule has 0 aliphatic heterocycles. The second-order valence-electron chi connectivity index (χ2n) is 4.29. The number of amidine groups is 1. The maximum absolute atomic E-state index is 4.13. The number of aromatic nitrogens is 2. The van der Waals surface area contributed by atoms with Gasteiger partial charge in [-0.15, -0.1) is 10.2 Å². The molecule has 0 aliphatic carbocycles. The molecule has 2 rings (SSSR count). The lowest BCUT2D eigenvalue weighted by Crippen LogP contribution is -2.26. The van der Waals surface area contributed by atoms with E-state index >= 15 is 0 Å². The van der Waals surface area contributed by atoms with Gasteiger partial charge in [0.15, 0.2) is 11.3 Å². The van der Waals surface area contributed by atoms with Gasteiger partial charge in [0.1, 0.15) is 0 Å². The first-order chi connectivity index (χ1) is 9.66. The summed E-state index contributed by atoms with van der Waals surface area (Å²) in [6, 6.07) is 11.5. The van der Waals surface area contributed by atoms with Crippen LogP contribution in [0.1, 0.15) is 14.4 Å². The molecule has 110 valence electrons. The van der Waals surface area contributed by atoms with Gasteiger partial charge in [-0.05, 0) is 23.3 Å². The first kappa shape index (κ1) is 16.4. The minimum atomic E-state index is 0. The summed E-state index contributed by atoms with van der Waals surface area (Å²) >= 11 is 0. The zero-order valence-corrected chi connectivity index (χ0v) is 11.8. The van der Waals surface area contributed by atoms with Crippen molar-refractivity contribution >= 4 is 11.7 Å². The molecule has 0 spiro atoms. The van der Waals surface area contributed by atoms with Crippen LogP contribution >= 0.6 is 0 Å². The molecule has 0 aromatic carbocycles. The minimum absolute atomic E-state index is 0. The van der Waals surface area contributed by atoms with Crippen LogP contribution < -0.4 is 10.1 Å². The molecule has 6 heteroatoms. The molecule has 0 bridgehead atoms. The highest BCUT2D eigenvalue weighted by Crippen LogP contribution is 2.03. The summed E-state index contributed by atoms with van der Waals surface area (Å²) in [6.07, 6.45) is 3.82. The van der Waals surface area contributed by atoms with Crippen molar-refractivity contribution in [1.29, 1.82) is 0 Å². The minimum Gasteiger partial charge on any atom is -0.335 e. The molecule has 0 fully saturated rings. The molecule has 6 nitrogen and oxygen atoms in total. The standard InChI is InChI=1S/C14H17N6.CH4/c1-12(15-17-13-8-4-6-10-19(13)2)16-18-14-9-5-7-11-20(14)3;/h4-11H,1-3H3;1H4/q+1;. The third kappa shape index (κ3) is 4.76. The number of pyridine rings is 2. The van der Waals surface area contributed by atoms with E-state index in [0.29, 0.717) is 5.84 Å². The zero-order chi connectivity index (χ0) is 14.4. The van der Waals surface area contributed by atoms with Crippen molar-refractivity contribution in [2.45, 2.75) is 14.4 Å². The van der Waals surface area contributed by atoms with E-state index < -0.39 is 0 Å². The third-order valence-electron chi connectivity index (χ3n) is 2.65. The summed E-state index contributed by atoms with van der Waals surface area (Å²) in [5.74, 6) is 1.25. The highest BCUT2D eigenvalue weighted by Gasteiger charge is 2.03. The number of nitrogens with zero attached hydrogens (tertiary/aromatic N) is 6. The van der Waals surface area contributed by atoms with Gasteiger partial charge in [-0.1, -0.05) is 19.6 Å². The van der Waals surface area contributed by atoms with Gasteiger partial charge in [0.2, 0.25) is 0 Å². The highest BCUT2D eigenvalue weighted by molar-refractivity contribution is 5.79. The Kier molecular flexibility index (Phi) is 6.13. The molecule has 0 aliphatic rings. The highest BCUT2D eigenvalue weighted by atomic mass is 15.3. The summed E-state index contributed by atoms with van der Waals surface area (Å²) < 4.78 is 3.76. The van der Waals surface area contributed by atoms with Crippen molar-refractivity contribution in [3.8, 4) is 0 Å². The van der Waals surface area contributed by atoms with Crippen LogP contribution in [0.4, 0.5) is 5.82 Å². The number of hydrogen-bond acceptors (Lipinski definition) is 3. The fourth-order valence-electron chi connectivity index (χ4n) is 1.50. The first-order valence-corrected chi connectivity index (χ1v) is 6.23. The molecule has 0 saturated carbocycles. The largest absolute Gasteiger partial charge is 0.350 e. The summed E-state index contributed by atoms with van der Waals surface area (Å²) in [4.78, 5) is 0. The van der Waals surface area contributed by atoms with Crippen molar-refractivity contribution in [2.75, 3.05) is 0 Å². The number of hydrogen-bond donors (Lipinski definition) is 0. The van der Waals surface area contributed by atoms with E-state index in [0.717, 1.165) is 11.3 Å². The Morgan fingerprint density at radius 1 is 1.14 bits per heavy atom. The van der Waals surface area contributed by atoms with Crippen molar-refractivity contribution in [2.24, 2.45) is 34.5 Å². The number of aryl methyl sites for hydroxylation is 2. The van der Waals surface area contributed by atoms with Crippen LogP contribution in [0.3, 0.4) is 0 Å². The molecule has 0 radical (unpaired) electrons. The van der Waals surface area contributed by atoms with E-state index in [2.05, 4.69) is 20.4 Å². The van der Waals surface area contributed by atoms with Crippen molar-refractivity contribution in [1.82, 2.24) is 4.57 Å². The molecule has 0 saturated heterocycles. The van der Waals surface area contributed by atoms with Gasteiger partial charge in [-0.2, -0.15) is 0 Å². The number of rotatable bonds is 2. The maximum Gasteiger partial charge on any atom is 0.350 e. The van der Waals surface area contributed by atoms with E-state index in [4.69, 9.17) is 0 Å². The van der Waals surface area contributed by atoms with Crippen LogP contribution in [0.15, 0.2) is 69.2 Å². The lowest BCUT2D eigenvalue weighted by atomic mass is 10.4. The van der Waals surface area contributed by atoms with Crippen LogP contribution in [-0.4, -0.2) is 10.4 Å². The Morgan fingerprint density at radius 3 is 2.62 bits per heavy atom. The lowest BCUT2D eigenvalue weighted by Gasteiger charge is -1.94. The topological polar surface area (TPSA) is 58.2 Å². The monoisotopic (exact) mass is 285 g/mol. The van der Waals surface area contributed by atoms with Gasteiger partial charge in [0.25, 0.3) is 0 Å². The van der Waals surface area contributed by atoms with Crippen LogP contribution in [0, 0.1) is 0 Å². The quantitative estimate of drug-likeness (QED) is 0.268. The molecule has 0 atom stereocenters. The van der Waals surface area contributed by atoms with E-state index in [1.807, 2.05) is 72.0 Å². The Balaban J connectivity index is 0.00000220. The predicted molar refractivity (Wildman–Crippen MR) is 83.0 cm³/mol. The van der Waals surface area contributed by atoms with Crippen LogP contribution in [-0.2, 0) is 14.1 Å². The normalized spacial score (nSPS) is 12.5. The third-order valence-corrected chi connectivity index (χ3v) is 2.65. The van der Waals surface area contributed by atoms with Gasteiger partial charge in [0.05, 0.1) is 18.4 Å². The van der Waals surface area contributed by atoms with Crippen LogP contribution in [0.5, 0.6) is 0 Å². The van der Waals surface area contributed by atoms with Crippen LogP contribution in [0.2, 0.25) is 0 Å². The SMILES string of the molecule is C.C/C(N=Nc1cccc[n+]1C)=N\N=c1/ccccn1C. The first-order valence-electron chi connectivity index (χ1n) is 6.23. The molecule has 21 heavy (non-hydrogen) atoms. The summed E-state index contributed by atoms with van der Waals surface area (Å²) in [7, 11) is 3.82. The zero-order valence-electron chi connectivity index (χ0n) is 11.8.